The highest BCUT2D eigenvalue weighted by Crippen LogP contribution is 2.26. The Labute approximate surface area is 153 Å². The molecule has 0 aliphatic rings. The Kier molecular flexibility index (Phi) is 7.52. The Morgan fingerprint density at radius 2 is 1.84 bits per heavy atom. The van der Waals surface area contributed by atoms with Crippen molar-refractivity contribution in [2.24, 2.45) is 5.92 Å². The van der Waals surface area contributed by atoms with E-state index in [1.807, 2.05) is 42.5 Å². The maximum atomic E-state index is 12.4. The summed E-state index contributed by atoms with van der Waals surface area (Å²) in [5, 5.41) is 13.8. The van der Waals surface area contributed by atoms with E-state index in [1.54, 1.807) is 0 Å². The Hall–Kier alpha value is -2.29. The highest BCUT2D eigenvalue weighted by Gasteiger charge is 2.20. The fourth-order valence-corrected chi connectivity index (χ4v) is 3.38. The van der Waals surface area contributed by atoms with Gasteiger partial charge in [0.1, 0.15) is 6.04 Å². The molecule has 25 heavy (non-hydrogen) atoms. The lowest BCUT2D eigenvalue weighted by Crippen LogP contribution is -2.88. The largest absolute Gasteiger partial charge is 0.332 e. The molecule has 5 heteroatoms. The van der Waals surface area contributed by atoms with Gasteiger partial charge < -0.3 is 10.6 Å². The predicted octanol–water partition coefficient (Wildman–Crippen LogP) is 3.20. The van der Waals surface area contributed by atoms with Crippen LogP contribution in [0.4, 0.5) is 5.69 Å². The lowest BCUT2D eigenvalue weighted by Gasteiger charge is -2.19. The van der Waals surface area contributed by atoms with Gasteiger partial charge in [0.15, 0.2) is 6.54 Å². The third kappa shape index (κ3) is 5.93. The maximum absolute atomic E-state index is 12.4. The second-order valence-corrected chi connectivity index (χ2v) is 7.13. The fraction of sp³-hybridized carbons (Fsp3) is 0.300. The van der Waals surface area contributed by atoms with Gasteiger partial charge >= 0.3 is 0 Å². The van der Waals surface area contributed by atoms with Crippen molar-refractivity contribution in [3.8, 4) is 6.07 Å². The van der Waals surface area contributed by atoms with E-state index in [1.165, 1.54) is 17.3 Å². The number of rotatable bonds is 8. The van der Waals surface area contributed by atoms with Crippen molar-refractivity contribution in [3.63, 3.8) is 0 Å². The zero-order chi connectivity index (χ0) is 18.1. The SMILES string of the molecule is CC(C)[C@@H]([NH2+]CC(=O)Nc1ccccc1SCC#N)c1ccccc1. The molecule has 0 aliphatic heterocycles. The first-order chi connectivity index (χ1) is 12.1. The summed E-state index contributed by atoms with van der Waals surface area (Å²) in [5.41, 5.74) is 2.00. The molecule has 0 fully saturated rings. The van der Waals surface area contributed by atoms with Crippen LogP contribution in [0.1, 0.15) is 25.5 Å². The number of benzene rings is 2. The van der Waals surface area contributed by atoms with Gasteiger partial charge in [-0.2, -0.15) is 5.26 Å². The van der Waals surface area contributed by atoms with Gasteiger partial charge in [0.25, 0.3) is 5.91 Å². The normalized spacial score (nSPS) is 11.8. The number of quaternary nitrogens is 1. The Morgan fingerprint density at radius 1 is 1.16 bits per heavy atom. The van der Waals surface area contributed by atoms with Crippen LogP contribution in [0.3, 0.4) is 0 Å². The number of amides is 1. The van der Waals surface area contributed by atoms with Crippen molar-refractivity contribution in [1.29, 1.82) is 5.26 Å². The summed E-state index contributed by atoms with van der Waals surface area (Å²) >= 11 is 1.43. The number of nitriles is 1. The minimum Gasteiger partial charge on any atom is -0.332 e. The number of para-hydroxylation sites is 1. The topological polar surface area (TPSA) is 69.5 Å². The summed E-state index contributed by atoms with van der Waals surface area (Å²) in [7, 11) is 0. The molecule has 2 aromatic carbocycles. The molecule has 0 saturated heterocycles. The van der Waals surface area contributed by atoms with Gasteiger partial charge in [-0.3, -0.25) is 4.79 Å². The zero-order valence-corrected chi connectivity index (χ0v) is 15.4. The highest BCUT2D eigenvalue weighted by molar-refractivity contribution is 7.99. The van der Waals surface area contributed by atoms with E-state index >= 15 is 0 Å². The molecule has 0 aliphatic carbocycles. The number of carbonyl (C=O) groups excluding carboxylic acids is 1. The monoisotopic (exact) mass is 354 g/mol. The molecular formula is C20H24N3OS+. The van der Waals surface area contributed by atoms with E-state index in [2.05, 4.69) is 42.7 Å². The molecule has 3 N–H and O–H groups in total. The minimum atomic E-state index is -0.0356. The molecule has 0 bridgehead atoms. The summed E-state index contributed by atoms with van der Waals surface area (Å²) in [4.78, 5) is 13.3. The second kappa shape index (κ2) is 9.87. The average Bonchev–Trinajstić information content (AvgIpc) is 2.62. The summed E-state index contributed by atoms with van der Waals surface area (Å²) in [6.07, 6.45) is 0. The van der Waals surface area contributed by atoms with Crippen LogP contribution in [0.15, 0.2) is 59.5 Å². The van der Waals surface area contributed by atoms with E-state index in [9.17, 15) is 4.79 Å². The maximum Gasteiger partial charge on any atom is 0.279 e. The third-order valence-corrected chi connectivity index (χ3v) is 4.85. The molecule has 0 unspecified atom stereocenters. The molecule has 2 aromatic rings. The quantitative estimate of drug-likeness (QED) is 0.715. The molecule has 0 heterocycles. The number of nitrogens with two attached hydrogens (primary N) is 1. The standard InChI is InChI=1S/C20H23N3OS/c1-15(2)20(16-8-4-3-5-9-16)22-14-19(24)23-17-10-6-7-11-18(17)25-13-12-21/h3-11,15,20,22H,13-14H2,1-2H3,(H,23,24)/p+1/t20-/m1/s1. The summed E-state index contributed by atoms with van der Waals surface area (Å²) in [5.74, 6) is 0.753. The van der Waals surface area contributed by atoms with E-state index in [0.717, 1.165) is 10.6 Å². The lowest BCUT2D eigenvalue weighted by molar-refractivity contribution is -0.692. The van der Waals surface area contributed by atoms with Crippen molar-refractivity contribution < 1.29 is 10.1 Å². The summed E-state index contributed by atoms with van der Waals surface area (Å²) in [6.45, 7) is 4.69. The zero-order valence-electron chi connectivity index (χ0n) is 14.6. The van der Waals surface area contributed by atoms with Gasteiger partial charge in [0.2, 0.25) is 0 Å². The molecule has 0 aromatic heterocycles. The van der Waals surface area contributed by atoms with Crippen LogP contribution in [0.2, 0.25) is 0 Å². The van der Waals surface area contributed by atoms with E-state index in [-0.39, 0.29) is 11.9 Å². The number of nitrogens with one attached hydrogen (secondary N) is 1. The molecule has 2 rings (SSSR count). The third-order valence-electron chi connectivity index (χ3n) is 3.91. The molecule has 4 nitrogen and oxygen atoms in total. The molecular weight excluding hydrogens is 330 g/mol. The lowest BCUT2D eigenvalue weighted by atomic mass is 9.96. The smallest absolute Gasteiger partial charge is 0.279 e. The van der Waals surface area contributed by atoms with Crippen LogP contribution in [-0.4, -0.2) is 18.2 Å². The molecule has 0 saturated carbocycles. The van der Waals surface area contributed by atoms with Gasteiger partial charge in [-0.1, -0.05) is 56.3 Å². The number of nitrogens with zero attached hydrogens (tertiary/aromatic N) is 1. The molecule has 0 spiro atoms. The molecule has 130 valence electrons. The Morgan fingerprint density at radius 3 is 2.52 bits per heavy atom. The van der Waals surface area contributed by atoms with Gasteiger partial charge in [-0.15, -0.1) is 11.8 Å². The first kappa shape index (κ1) is 19.0. The fourth-order valence-electron chi connectivity index (χ4n) is 2.71. The van der Waals surface area contributed by atoms with E-state index < -0.39 is 0 Å². The highest BCUT2D eigenvalue weighted by atomic mass is 32.2. The van der Waals surface area contributed by atoms with Crippen LogP contribution in [-0.2, 0) is 4.79 Å². The first-order valence-corrected chi connectivity index (χ1v) is 9.37. The van der Waals surface area contributed by atoms with Crippen molar-refractivity contribution >= 4 is 23.4 Å². The Balaban J connectivity index is 1.97. The van der Waals surface area contributed by atoms with Gasteiger partial charge in [-0.05, 0) is 12.1 Å². The van der Waals surface area contributed by atoms with Crippen LogP contribution in [0.5, 0.6) is 0 Å². The van der Waals surface area contributed by atoms with E-state index in [4.69, 9.17) is 5.26 Å². The predicted molar refractivity (Wildman–Crippen MR) is 102 cm³/mol. The summed E-state index contributed by atoms with van der Waals surface area (Å²) in [6, 6.07) is 20.2. The number of anilines is 1. The number of hydrogen-bond acceptors (Lipinski definition) is 3. The molecule has 0 radical (unpaired) electrons. The van der Waals surface area contributed by atoms with Crippen LogP contribution in [0, 0.1) is 17.2 Å². The molecule has 1 amide bonds. The van der Waals surface area contributed by atoms with Crippen molar-refractivity contribution in [1.82, 2.24) is 0 Å². The van der Waals surface area contributed by atoms with Crippen LogP contribution in [0.25, 0.3) is 0 Å². The molecule has 1 atom stereocenters. The Bertz CT molecular complexity index is 725. The van der Waals surface area contributed by atoms with Gasteiger partial charge in [0, 0.05) is 16.4 Å². The van der Waals surface area contributed by atoms with Gasteiger partial charge in [0.05, 0.1) is 17.5 Å². The average molecular weight is 354 g/mol. The minimum absolute atomic E-state index is 0.0356. The number of hydrogen-bond donors (Lipinski definition) is 2. The second-order valence-electron chi connectivity index (χ2n) is 6.11. The van der Waals surface area contributed by atoms with Crippen LogP contribution < -0.4 is 10.6 Å². The summed E-state index contributed by atoms with van der Waals surface area (Å²) < 4.78 is 0. The van der Waals surface area contributed by atoms with Crippen molar-refractivity contribution in [2.45, 2.75) is 24.8 Å². The number of thioether (sulfide) groups is 1. The van der Waals surface area contributed by atoms with Crippen LogP contribution >= 0.6 is 11.8 Å². The first-order valence-electron chi connectivity index (χ1n) is 8.38. The van der Waals surface area contributed by atoms with Crippen molar-refractivity contribution in [2.75, 3.05) is 17.6 Å². The number of carbonyl (C=O) groups is 1. The van der Waals surface area contributed by atoms with Crippen molar-refractivity contribution in [3.05, 3.63) is 60.2 Å². The van der Waals surface area contributed by atoms with E-state index in [0.29, 0.717) is 18.2 Å². The van der Waals surface area contributed by atoms with Gasteiger partial charge in [-0.25, -0.2) is 0 Å².